The molecule has 2 aromatic rings. The quantitative estimate of drug-likeness (QED) is 0.708. The predicted octanol–water partition coefficient (Wildman–Crippen LogP) is 1.54. The Morgan fingerprint density at radius 3 is 2.42 bits per heavy atom. The lowest BCUT2D eigenvalue weighted by Gasteiger charge is -2.40. The molecule has 10 nitrogen and oxygen atoms in total. The average Bonchev–Trinajstić information content (AvgIpc) is 3.35. The van der Waals surface area contributed by atoms with Gasteiger partial charge in [0.2, 0.25) is 0 Å². The van der Waals surface area contributed by atoms with Crippen LogP contribution in [0.4, 0.5) is 4.79 Å². The molecule has 10 heteroatoms. The fourth-order valence-corrected chi connectivity index (χ4v) is 3.96. The normalized spacial score (nSPS) is 18.5. The maximum Gasteiger partial charge on any atom is 0.317 e. The van der Waals surface area contributed by atoms with Crippen LogP contribution in [0.1, 0.15) is 31.4 Å². The number of ether oxygens (including phenoxy) is 1. The molecule has 2 N–H and O–H groups in total. The minimum absolute atomic E-state index is 0.0134. The number of hydrogen-bond donors (Lipinski definition) is 2. The Bertz CT molecular complexity index is 800. The number of aromatic nitrogens is 3. The van der Waals surface area contributed by atoms with E-state index in [9.17, 15) is 4.79 Å². The topological polar surface area (TPSA) is 113 Å². The molecule has 2 aliphatic rings. The van der Waals surface area contributed by atoms with Gasteiger partial charge in [0, 0.05) is 45.4 Å². The van der Waals surface area contributed by atoms with Gasteiger partial charge in [-0.3, -0.25) is 9.69 Å². The van der Waals surface area contributed by atoms with E-state index in [1.54, 1.807) is 11.0 Å². The molecule has 3 heterocycles. The van der Waals surface area contributed by atoms with Crippen molar-refractivity contribution < 1.29 is 19.4 Å². The third-order valence-electron chi connectivity index (χ3n) is 5.73. The zero-order valence-corrected chi connectivity index (χ0v) is 17.8. The van der Waals surface area contributed by atoms with Crippen molar-refractivity contribution >= 4 is 12.5 Å². The van der Waals surface area contributed by atoms with E-state index in [2.05, 4.69) is 20.3 Å². The smallest absolute Gasteiger partial charge is 0.317 e. The molecule has 0 aliphatic carbocycles. The molecule has 1 aromatic heterocycles. The lowest BCUT2D eigenvalue weighted by atomic mass is 10.1. The van der Waals surface area contributed by atoms with Crippen molar-refractivity contribution in [3.8, 4) is 5.69 Å². The molecule has 0 saturated carbocycles. The number of nitrogens with one attached hydrogen (secondary N) is 1. The maximum atomic E-state index is 12.7. The number of carbonyl (C=O) groups excluding carboxylic acids is 1. The van der Waals surface area contributed by atoms with Gasteiger partial charge in [-0.25, -0.2) is 14.5 Å². The molecule has 0 bridgehead atoms. The van der Waals surface area contributed by atoms with Crippen LogP contribution in [0.3, 0.4) is 0 Å². The number of hydrogen-bond acceptors (Lipinski definition) is 6. The zero-order chi connectivity index (χ0) is 22.1. The fraction of sp³-hybridized carbons (Fsp3) is 0.524. The highest BCUT2D eigenvalue weighted by molar-refractivity contribution is 5.74. The van der Waals surface area contributed by atoms with Crippen LogP contribution in [0.5, 0.6) is 0 Å². The SMILES string of the molecule is CC(NC(=O)N1CCN(C2CCOCC2)CC1)c1ccc(-n2cncn2)cc1.O=CO. The number of carboxylic acid groups (broad SMARTS) is 1. The number of benzene rings is 1. The molecule has 4 rings (SSSR count). The number of rotatable bonds is 4. The van der Waals surface area contributed by atoms with Gasteiger partial charge in [0.25, 0.3) is 6.47 Å². The summed E-state index contributed by atoms with van der Waals surface area (Å²) in [7, 11) is 0. The van der Waals surface area contributed by atoms with Crippen LogP contribution >= 0.6 is 0 Å². The minimum Gasteiger partial charge on any atom is -0.483 e. The number of piperazine rings is 1. The molecular formula is C21H30N6O4. The summed E-state index contributed by atoms with van der Waals surface area (Å²) in [6, 6.07) is 8.58. The summed E-state index contributed by atoms with van der Waals surface area (Å²) in [5.41, 5.74) is 2.02. The van der Waals surface area contributed by atoms with Crippen LogP contribution in [0.25, 0.3) is 5.69 Å². The summed E-state index contributed by atoms with van der Waals surface area (Å²) in [5.74, 6) is 0. The molecular weight excluding hydrogens is 400 g/mol. The largest absolute Gasteiger partial charge is 0.483 e. The number of urea groups is 1. The maximum absolute atomic E-state index is 12.7. The van der Waals surface area contributed by atoms with Gasteiger partial charge in [-0.1, -0.05) is 12.1 Å². The van der Waals surface area contributed by atoms with Gasteiger partial charge < -0.3 is 20.1 Å². The second-order valence-electron chi connectivity index (χ2n) is 7.57. The molecule has 31 heavy (non-hydrogen) atoms. The number of nitrogens with zero attached hydrogens (tertiary/aromatic N) is 5. The zero-order valence-electron chi connectivity index (χ0n) is 17.8. The Morgan fingerprint density at radius 2 is 1.84 bits per heavy atom. The first-order valence-electron chi connectivity index (χ1n) is 10.5. The third-order valence-corrected chi connectivity index (χ3v) is 5.73. The molecule has 1 atom stereocenters. The predicted molar refractivity (Wildman–Crippen MR) is 114 cm³/mol. The molecule has 0 spiro atoms. The van der Waals surface area contributed by atoms with Crippen molar-refractivity contribution in [2.24, 2.45) is 0 Å². The van der Waals surface area contributed by atoms with Crippen molar-refractivity contribution in [3.05, 3.63) is 42.5 Å². The first-order chi connectivity index (χ1) is 15.1. The summed E-state index contributed by atoms with van der Waals surface area (Å²) >= 11 is 0. The standard InChI is InChI=1S/C20H28N6O2.CH2O2/c1-16(17-2-4-19(5-3-17)26-15-21-14-22-26)23-20(27)25-10-8-24(9-11-25)18-6-12-28-13-7-18;2-1-3/h2-5,14-16,18H,6-13H2,1H3,(H,23,27);1H,(H,2,3). The first kappa shape index (κ1) is 22.7. The number of carbonyl (C=O) groups is 2. The molecule has 2 saturated heterocycles. The Labute approximate surface area is 181 Å². The molecule has 1 aromatic carbocycles. The molecule has 1 unspecified atom stereocenters. The Kier molecular flexibility index (Phi) is 8.36. The van der Waals surface area contributed by atoms with Gasteiger partial charge in [0.1, 0.15) is 12.7 Å². The molecule has 2 aliphatic heterocycles. The van der Waals surface area contributed by atoms with E-state index in [0.29, 0.717) is 6.04 Å². The van der Waals surface area contributed by atoms with Crippen molar-refractivity contribution in [1.29, 1.82) is 0 Å². The summed E-state index contributed by atoms with van der Waals surface area (Å²) in [5, 5.41) is 14.1. The van der Waals surface area contributed by atoms with Crippen molar-refractivity contribution in [3.63, 3.8) is 0 Å². The molecule has 168 valence electrons. The Balaban J connectivity index is 0.000000858. The lowest BCUT2D eigenvalue weighted by Crippen LogP contribution is -2.55. The van der Waals surface area contributed by atoms with E-state index in [0.717, 1.165) is 63.5 Å². The van der Waals surface area contributed by atoms with Gasteiger partial charge in [-0.2, -0.15) is 5.10 Å². The van der Waals surface area contributed by atoms with E-state index in [1.807, 2.05) is 36.1 Å². The van der Waals surface area contributed by atoms with E-state index in [-0.39, 0.29) is 18.5 Å². The lowest BCUT2D eigenvalue weighted by molar-refractivity contribution is -0.122. The van der Waals surface area contributed by atoms with Crippen molar-refractivity contribution in [2.45, 2.75) is 31.8 Å². The summed E-state index contributed by atoms with van der Waals surface area (Å²) in [6.07, 6.45) is 5.39. The first-order valence-corrected chi connectivity index (χ1v) is 10.5. The summed E-state index contributed by atoms with van der Waals surface area (Å²) in [4.78, 5) is 29.4. The third kappa shape index (κ3) is 6.25. The summed E-state index contributed by atoms with van der Waals surface area (Å²) < 4.78 is 7.17. The molecule has 2 amide bonds. The van der Waals surface area contributed by atoms with Gasteiger partial charge in [-0.15, -0.1) is 0 Å². The van der Waals surface area contributed by atoms with Crippen LogP contribution in [0, 0.1) is 0 Å². The van der Waals surface area contributed by atoms with Gasteiger partial charge >= 0.3 is 6.03 Å². The van der Waals surface area contributed by atoms with Crippen LogP contribution in [0.15, 0.2) is 36.9 Å². The van der Waals surface area contributed by atoms with Crippen molar-refractivity contribution in [2.75, 3.05) is 39.4 Å². The number of amides is 2. The van der Waals surface area contributed by atoms with Crippen LogP contribution in [-0.2, 0) is 9.53 Å². The van der Waals surface area contributed by atoms with Gasteiger partial charge in [-0.05, 0) is 37.5 Å². The van der Waals surface area contributed by atoms with Crippen LogP contribution < -0.4 is 5.32 Å². The Hall–Kier alpha value is -2.98. The second-order valence-corrected chi connectivity index (χ2v) is 7.57. The summed E-state index contributed by atoms with van der Waals surface area (Å²) in [6.45, 7) is 6.93. The van der Waals surface area contributed by atoms with Crippen molar-refractivity contribution in [1.82, 2.24) is 29.9 Å². The molecule has 2 fully saturated rings. The van der Waals surface area contributed by atoms with Gasteiger partial charge in [0.15, 0.2) is 0 Å². The highest BCUT2D eigenvalue weighted by Gasteiger charge is 2.27. The fourth-order valence-electron chi connectivity index (χ4n) is 3.96. The van der Waals surface area contributed by atoms with E-state index >= 15 is 0 Å². The van der Waals surface area contributed by atoms with Crippen LogP contribution in [0.2, 0.25) is 0 Å². The van der Waals surface area contributed by atoms with Gasteiger partial charge in [0.05, 0.1) is 11.7 Å². The second kappa shape index (κ2) is 11.4. The van der Waals surface area contributed by atoms with E-state index < -0.39 is 0 Å². The highest BCUT2D eigenvalue weighted by atomic mass is 16.5. The monoisotopic (exact) mass is 430 g/mol. The van der Waals surface area contributed by atoms with E-state index in [4.69, 9.17) is 14.6 Å². The Morgan fingerprint density at radius 1 is 1.19 bits per heavy atom. The average molecular weight is 431 g/mol. The van der Waals surface area contributed by atoms with E-state index in [1.165, 1.54) is 6.33 Å². The van der Waals surface area contributed by atoms with Crippen LogP contribution in [-0.4, -0.2) is 87.6 Å². The highest BCUT2D eigenvalue weighted by Crippen LogP contribution is 2.18. The molecule has 0 radical (unpaired) electrons. The minimum atomic E-state index is -0.250.